The van der Waals surface area contributed by atoms with Crippen molar-refractivity contribution >= 4 is 11.8 Å². The summed E-state index contributed by atoms with van der Waals surface area (Å²) in [6, 6.07) is -0.840. The lowest BCUT2D eigenvalue weighted by Crippen LogP contribution is -2.62. The number of carbonyl (C=O) groups is 2. The Morgan fingerprint density at radius 1 is 1.50 bits per heavy atom. The summed E-state index contributed by atoms with van der Waals surface area (Å²) in [5, 5.41) is 12.4. The van der Waals surface area contributed by atoms with Crippen LogP contribution in [0.15, 0.2) is 0 Å². The summed E-state index contributed by atoms with van der Waals surface area (Å²) in [5.41, 5.74) is -0.944. The standard InChI is InChI=1S/C11H18N2O3/c1-11(2,16)6-7-10(15)13-5-3-4-8(13)9(14)12-7/h7-8,16H,3-6H2,1-2H3,(H,12,14)/t7-,8-/m0/s1. The highest BCUT2D eigenvalue weighted by Gasteiger charge is 2.44. The van der Waals surface area contributed by atoms with E-state index in [0.717, 1.165) is 12.8 Å². The SMILES string of the molecule is CC(C)(O)C[C@@H]1NC(=O)[C@@H]2CCCN2C1=O. The molecule has 2 aliphatic heterocycles. The molecule has 0 radical (unpaired) electrons. The van der Waals surface area contributed by atoms with Crippen LogP contribution in [0.3, 0.4) is 0 Å². The van der Waals surface area contributed by atoms with Gasteiger partial charge in [0, 0.05) is 13.0 Å². The fraction of sp³-hybridized carbons (Fsp3) is 0.818. The molecule has 2 atom stereocenters. The number of piperazine rings is 1. The average Bonchev–Trinajstić information content (AvgIpc) is 2.60. The minimum absolute atomic E-state index is 0.0516. The van der Waals surface area contributed by atoms with Crippen LogP contribution < -0.4 is 5.32 Å². The molecule has 5 nitrogen and oxygen atoms in total. The van der Waals surface area contributed by atoms with Gasteiger partial charge in [0.1, 0.15) is 12.1 Å². The van der Waals surface area contributed by atoms with E-state index in [1.807, 2.05) is 0 Å². The molecule has 2 fully saturated rings. The van der Waals surface area contributed by atoms with Gasteiger partial charge >= 0.3 is 0 Å². The fourth-order valence-corrected chi connectivity index (χ4v) is 2.47. The number of aliphatic hydroxyl groups is 1. The predicted octanol–water partition coefficient (Wildman–Crippen LogP) is -0.363. The topological polar surface area (TPSA) is 69.6 Å². The molecule has 2 amide bonds. The van der Waals surface area contributed by atoms with Crippen LogP contribution in [-0.4, -0.2) is 46.1 Å². The first-order valence-electron chi connectivity index (χ1n) is 5.72. The van der Waals surface area contributed by atoms with E-state index < -0.39 is 11.6 Å². The number of fused-ring (bicyclic) bond motifs is 1. The van der Waals surface area contributed by atoms with E-state index in [9.17, 15) is 14.7 Å². The van der Waals surface area contributed by atoms with Crippen molar-refractivity contribution < 1.29 is 14.7 Å². The molecule has 0 spiro atoms. The lowest BCUT2D eigenvalue weighted by Gasteiger charge is -2.36. The van der Waals surface area contributed by atoms with Crippen LogP contribution in [0.2, 0.25) is 0 Å². The zero-order chi connectivity index (χ0) is 11.9. The summed E-state index contributed by atoms with van der Waals surface area (Å²) in [7, 11) is 0. The van der Waals surface area contributed by atoms with Gasteiger partial charge in [0.25, 0.3) is 0 Å². The van der Waals surface area contributed by atoms with Crippen LogP contribution in [-0.2, 0) is 9.59 Å². The van der Waals surface area contributed by atoms with Crippen molar-refractivity contribution in [3.8, 4) is 0 Å². The van der Waals surface area contributed by atoms with Crippen LogP contribution in [0.5, 0.6) is 0 Å². The number of amides is 2. The minimum atomic E-state index is -0.944. The molecule has 2 rings (SSSR count). The van der Waals surface area contributed by atoms with Crippen LogP contribution in [0.1, 0.15) is 33.1 Å². The normalized spacial score (nSPS) is 30.3. The van der Waals surface area contributed by atoms with Gasteiger partial charge in [-0.25, -0.2) is 0 Å². The molecular formula is C11H18N2O3. The Labute approximate surface area is 94.8 Å². The van der Waals surface area contributed by atoms with Gasteiger partial charge in [0.05, 0.1) is 5.60 Å². The molecular weight excluding hydrogens is 208 g/mol. The van der Waals surface area contributed by atoms with Gasteiger partial charge in [0.2, 0.25) is 11.8 Å². The maximum atomic E-state index is 12.0. The van der Waals surface area contributed by atoms with Gasteiger partial charge in [-0.05, 0) is 26.7 Å². The zero-order valence-electron chi connectivity index (χ0n) is 9.69. The molecule has 0 aromatic heterocycles. The largest absolute Gasteiger partial charge is 0.390 e. The molecule has 16 heavy (non-hydrogen) atoms. The quantitative estimate of drug-likeness (QED) is 0.675. The Bertz CT molecular complexity index is 322. The van der Waals surface area contributed by atoms with E-state index in [1.54, 1.807) is 18.7 Å². The summed E-state index contributed by atoms with van der Waals surface area (Å²) >= 11 is 0. The van der Waals surface area contributed by atoms with Crippen LogP contribution in [0.25, 0.3) is 0 Å². The van der Waals surface area contributed by atoms with E-state index in [4.69, 9.17) is 0 Å². The number of nitrogens with zero attached hydrogens (tertiary/aromatic N) is 1. The van der Waals surface area contributed by atoms with Crippen molar-refractivity contribution in [1.82, 2.24) is 10.2 Å². The number of nitrogens with one attached hydrogen (secondary N) is 1. The monoisotopic (exact) mass is 226 g/mol. The molecule has 0 aliphatic carbocycles. The fourth-order valence-electron chi connectivity index (χ4n) is 2.47. The first-order valence-corrected chi connectivity index (χ1v) is 5.72. The van der Waals surface area contributed by atoms with Crippen LogP contribution in [0.4, 0.5) is 0 Å². The highest BCUT2D eigenvalue weighted by molar-refractivity contribution is 5.97. The van der Waals surface area contributed by atoms with Gasteiger partial charge < -0.3 is 15.3 Å². The Morgan fingerprint density at radius 3 is 2.81 bits per heavy atom. The molecule has 0 aromatic carbocycles. The van der Waals surface area contributed by atoms with E-state index in [0.29, 0.717) is 6.54 Å². The third-order valence-corrected chi connectivity index (χ3v) is 3.16. The summed E-state index contributed by atoms with van der Waals surface area (Å²) in [4.78, 5) is 25.4. The Hall–Kier alpha value is -1.10. The number of hydrogen-bond donors (Lipinski definition) is 2. The molecule has 0 aromatic rings. The van der Waals surface area contributed by atoms with Gasteiger partial charge in [-0.1, -0.05) is 0 Å². The second-order valence-corrected chi connectivity index (χ2v) is 5.27. The Balaban J connectivity index is 2.11. The number of carbonyl (C=O) groups excluding carboxylic acids is 2. The second kappa shape index (κ2) is 3.73. The smallest absolute Gasteiger partial charge is 0.245 e. The molecule has 5 heteroatoms. The molecule has 2 N–H and O–H groups in total. The van der Waals surface area contributed by atoms with Crippen molar-refractivity contribution in [2.75, 3.05) is 6.54 Å². The first kappa shape index (κ1) is 11.4. The van der Waals surface area contributed by atoms with Crippen molar-refractivity contribution in [1.29, 1.82) is 0 Å². The molecule has 2 aliphatic rings. The van der Waals surface area contributed by atoms with Crippen LogP contribution >= 0.6 is 0 Å². The highest BCUT2D eigenvalue weighted by atomic mass is 16.3. The van der Waals surface area contributed by atoms with Gasteiger partial charge in [-0.3, -0.25) is 9.59 Å². The van der Waals surface area contributed by atoms with Crippen molar-refractivity contribution in [2.45, 2.75) is 50.8 Å². The lowest BCUT2D eigenvalue weighted by atomic mass is 9.96. The molecule has 2 saturated heterocycles. The molecule has 90 valence electrons. The maximum Gasteiger partial charge on any atom is 0.245 e. The van der Waals surface area contributed by atoms with Crippen molar-refractivity contribution in [2.24, 2.45) is 0 Å². The van der Waals surface area contributed by atoms with Crippen molar-refractivity contribution in [3.63, 3.8) is 0 Å². The maximum absolute atomic E-state index is 12.0. The van der Waals surface area contributed by atoms with E-state index in [2.05, 4.69) is 5.32 Å². The first-order chi connectivity index (χ1) is 7.38. The number of hydrogen-bond acceptors (Lipinski definition) is 3. The highest BCUT2D eigenvalue weighted by Crippen LogP contribution is 2.24. The molecule has 0 unspecified atom stereocenters. The average molecular weight is 226 g/mol. The zero-order valence-corrected chi connectivity index (χ0v) is 9.69. The summed E-state index contributed by atoms with van der Waals surface area (Å²) < 4.78 is 0. The molecule has 0 bridgehead atoms. The lowest BCUT2D eigenvalue weighted by molar-refractivity contribution is -0.148. The summed E-state index contributed by atoms with van der Waals surface area (Å²) in [6.45, 7) is 3.95. The van der Waals surface area contributed by atoms with E-state index in [1.165, 1.54) is 0 Å². The van der Waals surface area contributed by atoms with Gasteiger partial charge in [-0.15, -0.1) is 0 Å². The summed E-state index contributed by atoms with van der Waals surface area (Å²) in [5.74, 6) is -0.129. The Morgan fingerprint density at radius 2 is 2.19 bits per heavy atom. The third kappa shape index (κ3) is 2.04. The van der Waals surface area contributed by atoms with Crippen molar-refractivity contribution in [3.05, 3.63) is 0 Å². The molecule has 0 saturated carbocycles. The second-order valence-electron chi connectivity index (χ2n) is 5.27. The Kier molecular flexibility index (Phi) is 2.66. The van der Waals surface area contributed by atoms with E-state index in [-0.39, 0.29) is 24.3 Å². The van der Waals surface area contributed by atoms with Gasteiger partial charge in [-0.2, -0.15) is 0 Å². The third-order valence-electron chi connectivity index (χ3n) is 3.16. The minimum Gasteiger partial charge on any atom is -0.390 e. The van der Waals surface area contributed by atoms with E-state index >= 15 is 0 Å². The summed E-state index contributed by atoms with van der Waals surface area (Å²) in [6.07, 6.45) is 1.91. The van der Waals surface area contributed by atoms with Crippen LogP contribution in [0, 0.1) is 0 Å². The predicted molar refractivity (Wildman–Crippen MR) is 57.6 cm³/mol. The molecule has 2 heterocycles. The van der Waals surface area contributed by atoms with Gasteiger partial charge in [0.15, 0.2) is 0 Å². The number of rotatable bonds is 2.